The summed E-state index contributed by atoms with van der Waals surface area (Å²) in [6.45, 7) is 0. The molecule has 2 aromatic rings. The molecule has 0 fully saturated rings. The fraction of sp³-hybridized carbons (Fsp3) is 0. The fourth-order valence-corrected chi connectivity index (χ4v) is 2.61. The number of hydrogen-bond acceptors (Lipinski definition) is 2. The zero-order valence-corrected chi connectivity index (χ0v) is 13.0. The summed E-state index contributed by atoms with van der Waals surface area (Å²) in [5.74, 6) is 0. The number of halogens is 2. The van der Waals surface area contributed by atoms with Crippen LogP contribution in [0.15, 0.2) is 42.5 Å². The summed E-state index contributed by atoms with van der Waals surface area (Å²) in [5.41, 5.74) is 8.41. The van der Waals surface area contributed by atoms with E-state index in [1.54, 1.807) is 0 Å². The maximum Gasteiger partial charge on any atom is 0.103 e. The number of nitrogens with two attached hydrogens (primary N) is 1. The van der Waals surface area contributed by atoms with Crippen LogP contribution in [0.1, 0.15) is 5.56 Å². The van der Waals surface area contributed by atoms with Crippen molar-refractivity contribution in [1.82, 2.24) is 0 Å². The van der Waals surface area contributed by atoms with Crippen molar-refractivity contribution in [2.24, 2.45) is 5.73 Å². The summed E-state index contributed by atoms with van der Waals surface area (Å²) in [5, 5.41) is 4.05. The normalized spacial score (nSPS) is 10.1. The van der Waals surface area contributed by atoms with Crippen molar-refractivity contribution < 1.29 is 0 Å². The number of thiocarbonyl (C=S) groups is 1. The molecule has 2 nitrogen and oxygen atoms in total. The van der Waals surface area contributed by atoms with Gasteiger partial charge < -0.3 is 11.1 Å². The molecule has 0 atom stereocenters. The molecule has 5 heteroatoms. The maximum absolute atomic E-state index is 5.91. The van der Waals surface area contributed by atoms with Gasteiger partial charge in [-0.1, -0.05) is 23.8 Å². The van der Waals surface area contributed by atoms with E-state index in [0.717, 1.165) is 25.5 Å². The molecule has 0 radical (unpaired) electrons. The molecule has 0 aliphatic carbocycles. The number of nitrogens with one attached hydrogen (secondary N) is 1. The van der Waals surface area contributed by atoms with Gasteiger partial charge in [-0.25, -0.2) is 0 Å². The summed E-state index contributed by atoms with van der Waals surface area (Å²) >= 11 is 13.1. The topological polar surface area (TPSA) is 38.0 Å². The molecule has 0 bridgehead atoms. The summed E-state index contributed by atoms with van der Waals surface area (Å²) in [7, 11) is 0. The van der Waals surface area contributed by atoms with Gasteiger partial charge in [0.2, 0.25) is 0 Å². The lowest BCUT2D eigenvalue weighted by Crippen LogP contribution is -2.08. The fourth-order valence-electron chi connectivity index (χ4n) is 1.46. The molecule has 0 spiro atoms. The molecule has 18 heavy (non-hydrogen) atoms. The Bertz CT molecular complexity index is 584. The third kappa shape index (κ3) is 3.34. The molecule has 2 rings (SSSR count). The predicted molar refractivity (Wildman–Crippen MR) is 89.8 cm³/mol. The van der Waals surface area contributed by atoms with E-state index < -0.39 is 0 Å². The van der Waals surface area contributed by atoms with E-state index >= 15 is 0 Å². The van der Waals surface area contributed by atoms with E-state index in [2.05, 4.69) is 27.9 Å². The van der Waals surface area contributed by atoms with Crippen LogP contribution >= 0.6 is 46.4 Å². The predicted octanol–water partition coefficient (Wildman–Crippen LogP) is 4.32. The summed E-state index contributed by atoms with van der Waals surface area (Å²) < 4.78 is 1.07. The van der Waals surface area contributed by atoms with E-state index in [1.165, 1.54) is 0 Å². The van der Waals surface area contributed by atoms with Gasteiger partial charge in [0.15, 0.2) is 0 Å². The lowest BCUT2D eigenvalue weighted by molar-refractivity contribution is 1.51. The van der Waals surface area contributed by atoms with Crippen molar-refractivity contribution in [1.29, 1.82) is 0 Å². The Morgan fingerprint density at radius 3 is 2.39 bits per heavy atom. The van der Waals surface area contributed by atoms with Crippen LogP contribution in [-0.4, -0.2) is 4.99 Å². The van der Waals surface area contributed by atoms with Gasteiger partial charge in [-0.15, -0.1) is 0 Å². The van der Waals surface area contributed by atoms with Crippen molar-refractivity contribution in [3.63, 3.8) is 0 Å². The summed E-state index contributed by atoms with van der Waals surface area (Å²) in [6, 6.07) is 13.4. The van der Waals surface area contributed by atoms with Gasteiger partial charge in [-0.2, -0.15) is 0 Å². The molecule has 0 aliphatic rings. The van der Waals surface area contributed by atoms with Gasteiger partial charge in [0, 0.05) is 19.8 Å². The quantitative estimate of drug-likeness (QED) is 0.607. The van der Waals surface area contributed by atoms with E-state index in [4.69, 9.17) is 29.6 Å². The van der Waals surface area contributed by atoms with E-state index in [0.29, 0.717) is 4.99 Å². The Morgan fingerprint density at radius 1 is 1.17 bits per heavy atom. The Labute approximate surface area is 130 Å². The number of anilines is 2. The molecule has 0 unspecified atom stereocenters. The van der Waals surface area contributed by atoms with Crippen LogP contribution in [0.5, 0.6) is 0 Å². The largest absolute Gasteiger partial charge is 0.389 e. The smallest absolute Gasteiger partial charge is 0.103 e. The second kappa shape index (κ2) is 5.86. The zero-order chi connectivity index (χ0) is 13.1. The first-order valence-corrected chi connectivity index (χ1v) is 7.05. The lowest BCUT2D eigenvalue weighted by atomic mass is 10.2. The maximum atomic E-state index is 5.91. The Balaban J connectivity index is 2.21. The number of hydrogen-bond donors (Lipinski definition) is 2. The van der Waals surface area contributed by atoms with E-state index in [1.807, 2.05) is 42.5 Å². The zero-order valence-electron chi connectivity index (χ0n) is 9.28. The van der Waals surface area contributed by atoms with Crippen molar-refractivity contribution >= 4 is 62.8 Å². The highest BCUT2D eigenvalue weighted by Gasteiger charge is 2.02. The highest BCUT2D eigenvalue weighted by Crippen LogP contribution is 2.25. The van der Waals surface area contributed by atoms with Crippen LogP contribution in [0, 0.1) is 3.57 Å². The van der Waals surface area contributed by atoms with Crippen molar-refractivity contribution in [2.45, 2.75) is 0 Å². The van der Waals surface area contributed by atoms with Crippen LogP contribution in [0.4, 0.5) is 11.4 Å². The third-order valence-corrected chi connectivity index (χ3v) is 3.74. The molecular formula is C13H10ClIN2S. The molecule has 2 aromatic carbocycles. The van der Waals surface area contributed by atoms with Gasteiger partial charge in [0.25, 0.3) is 0 Å². The summed E-state index contributed by atoms with van der Waals surface area (Å²) in [4.78, 5) is 0.405. The van der Waals surface area contributed by atoms with Crippen molar-refractivity contribution in [2.75, 3.05) is 5.32 Å². The van der Waals surface area contributed by atoms with Crippen LogP contribution in [-0.2, 0) is 0 Å². The molecule has 0 heterocycles. The average Bonchev–Trinajstić information content (AvgIpc) is 2.33. The van der Waals surface area contributed by atoms with Crippen molar-refractivity contribution in [3.05, 3.63) is 56.6 Å². The number of rotatable bonds is 3. The van der Waals surface area contributed by atoms with E-state index in [-0.39, 0.29) is 0 Å². The monoisotopic (exact) mass is 388 g/mol. The van der Waals surface area contributed by atoms with Gasteiger partial charge in [-0.3, -0.25) is 0 Å². The van der Waals surface area contributed by atoms with Crippen LogP contribution in [0.3, 0.4) is 0 Å². The highest BCUT2D eigenvalue weighted by atomic mass is 127. The first kappa shape index (κ1) is 13.6. The van der Waals surface area contributed by atoms with Gasteiger partial charge >= 0.3 is 0 Å². The van der Waals surface area contributed by atoms with Gasteiger partial charge in [0.05, 0.1) is 5.69 Å². The minimum atomic E-state index is 0.405. The van der Waals surface area contributed by atoms with Gasteiger partial charge in [-0.05, 0) is 65.1 Å². The second-order valence-corrected chi connectivity index (χ2v) is 5.73. The molecule has 0 amide bonds. The number of benzene rings is 2. The molecular weight excluding hydrogens is 379 g/mol. The molecule has 0 saturated heterocycles. The Hall–Kier alpha value is -0.850. The Kier molecular flexibility index (Phi) is 4.42. The minimum absolute atomic E-state index is 0.405. The lowest BCUT2D eigenvalue weighted by Gasteiger charge is -2.09. The second-order valence-electron chi connectivity index (χ2n) is 3.69. The highest BCUT2D eigenvalue weighted by molar-refractivity contribution is 14.1. The summed E-state index contributed by atoms with van der Waals surface area (Å²) in [6.07, 6.45) is 0. The molecule has 0 aliphatic heterocycles. The minimum Gasteiger partial charge on any atom is -0.389 e. The molecule has 3 N–H and O–H groups in total. The standard InChI is InChI=1S/C13H10ClIN2S/c14-9-3-6-12(11(15)7-9)17-10-4-1-8(2-5-10)13(16)18/h1-7,17H,(H2,16,18). The molecule has 0 aromatic heterocycles. The van der Waals surface area contributed by atoms with Crippen LogP contribution in [0.2, 0.25) is 5.02 Å². The van der Waals surface area contributed by atoms with Crippen molar-refractivity contribution in [3.8, 4) is 0 Å². The average molecular weight is 389 g/mol. The van der Waals surface area contributed by atoms with Gasteiger partial charge in [0.1, 0.15) is 4.99 Å². The van der Waals surface area contributed by atoms with Crippen LogP contribution in [0.25, 0.3) is 0 Å². The molecule has 92 valence electrons. The first-order chi connectivity index (χ1) is 8.56. The van der Waals surface area contributed by atoms with Crippen LogP contribution < -0.4 is 11.1 Å². The Morgan fingerprint density at radius 2 is 1.83 bits per heavy atom. The third-order valence-electron chi connectivity index (χ3n) is 2.38. The van der Waals surface area contributed by atoms with E-state index in [9.17, 15) is 0 Å². The molecule has 0 saturated carbocycles. The SMILES string of the molecule is NC(=S)c1ccc(Nc2ccc(Cl)cc2I)cc1. The first-order valence-electron chi connectivity index (χ1n) is 5.18.